The molecule has 0 aliphatic carbocycles. The van der Waals surface area contributed by atoms with Crippen LogP contribution in [0.4, 0.5) is 5.95 Å². The number of anilines is 1. The van der Waals surface area contributed by atoms with Crippen molar-refractivity contribution in [2.75, 3.05) is 17.3 Å². The van der Waals surface area contributed by atoms with Crippen molar-refractivity contribution < 1.29 is 0 Å². The summed E-state index contributed by atoms with van der Waals surface area (Å²) in [5.41, 5.74) is 0.872. The molecular weight excluding hydrogens is 208 g/mol. The molecule has 1 unspecified atom stereocenters. The van der Waals surface area contributed by atoms with Crippen molar-refractivity contribution in [1.82, 2.24) is 14.6 Å². The van der Waals surface area contributed by atoms with Crippen LogP contribution in [-0.2, 0) is 0 Å². The molecule has 0 aliphatic rings. The maximum Gasteiger partial charge on any atom is 0.243 e. The maximum atomic E-state index is 4.37. The zero-order valence-electron chi connectivity index (χ0n) is 8.84. The summed E-state index contributed by atoms with van der Waals surface area (Å²) < 4.78 is 1.77. The van der Waals surface area contributed by atoms with E-state index in [0.29, 0.717) is 12.0 Å². The molecule has 0 spiro atoms. The maximum absolute atomic E-state index is 4.37. The fraction of sp³-hybridized carbons (Fsp3) is 0.400. The van der Waals surface area contributed by atoms with Gasteiger partial charge in [-0.3, -0.25) is 0 Å². The van der Waals surface area contributed by atoms with E-state index in [2.05, 4.69) is 28.6 Å². The minimum absolute atomic E-state index is 0.386. The van der Waals surface area contributed by atoms with Crippen LogP contribution in [0.2, 0.25) is 0 Å². The van der Waals surface area contributed by atoms with Crippen molar-refractivity contribution in [2.45, 2.75) is 13.0 Å². The molecule has 0 saturated heterocycles. The summed E-state index contributed by atoms with van der Waals surface area (Å²) in [6.45, 7) is 2.13. The number of hydrogen-bond acceptors (Lipinski definition) is 4. The third-order valence-corrected chi connectivity index (χ3v) is 2.87. The highest BCUT2D eigenvalue weighted by Gasteiger charge is 2.05. The minimum atomic E-state index is 0.386. The topological polar surface area (TPSA) is 42.2 Å². The van der Waals surface area contributed by atoms with E-state index in [1.807, 2.05) is 36.2 Å². The van der Waals surface area contributed by atoms with Crippen LogP contribution in [0.1, 0.15) is 6.92 Å². The average molecular weight is 222 g/mol. The predicted molar refractivity (Wildman–Crippen MR) is 64.5 cm³/mol. The molecule has 15 heavy (non-hydrogen) atoms. The van der Waals surface area contributed by atoms with Crippen LogP contribution in [0, 0.1) is 0 Å². The second kappa shape index (κ2) is 4.53. The number of fused-ring (bicyclic) bond motifs is 1. The Hall–Kier alpha value is -1.23. The number of hydrogen-bond donors (Lipinski definition) is 1. The van der Waals surface area contributed by atoms with Crippen molar-refractivity contribution in [3.63, 3.8) is 0 Å². The normalized spacial score (nSPS) is 12.9. The second-order valence-electron chi connectivity index (χ2n) is 3.44. The van der Waals surface area contributed by atoms with Gasteiger partial charge in [-0.25, -0.2) is 4.52 Å². The molecule has 80 valence electrons. The highest BCUT2D eigenvalue weighted by molar-refractivity contribution is 7.98. The number of aromatic nitrogens is 3. The van der Waals surface area contributed by atoms with Gasteiger partial charge in [0.1, 0.15) is 0 Å². The molecule has 0 fully saturated rings. The van der Waals surface area contributed by atoms with E-state index in [0.717, 1.165) is 11.4 Å². The SMILES string of the molecule is CSCC(C)Nc1nc2ccccn2n1. The zero-order chi connectivity index (χ0) is 10.7. The highest BCUT2D eigenvalue weighted by Crippen LogP contribution is 2.07. The minimum Gasteiger partial charge on any atom is -0.350 e. The van der Waals surface area contributed by atoms with Gasteiger partial charge in [-0.1, -0.05) is 6.07 Å². The van der Waals surface area contributed by atoms with E-state index in [9.17, 15) is 0 Å². The Balaban J connectivity index is 2.15. The number of thioether (sulfide) groups is 1. The third-order valence-electron chi connectivity index (χ3n) is 2.03. The van der Waals surface area contributed by atoms with Gasteiger partial charge in [0.2, 0.25) is 5.95 Å². The van der Waals surface area contributed by atoms with Crippen LogP contribution >= 0.6 is 11.8 Å². The average Bonchev–Trinajstić information content (AvgIpc) is 2.59. The van der Waals surface area contributed by atoms with Gasteiger partial charge in [0.15, 0.2) is 5.65 Å². The predicted octanol–water partition coefficient (Wildman–Crippen LogP) is 1.89. The van der Waals surface area contributed by atoms with Crippen LogP contribution in [-0.4, -0.2) is 32.6 Å². The Morgan fingerprint density at radius 2 is 2.40 bits per heavy atom. The third kappa shape index (κ3) is 2.41. The van der Waals surface area contributed by atoms with Crippen molar-refractivity contribution in [3.8, 4) is 0 Å². The van der Waals surface area contributed by atoms with E-state index in [4.69, 9.17) is 0 Å². The lowest BCUT2D eigenvalue weighted by Crippen LogP contribution is -2.18. The molecule has 5 heteroatoms. The van der Waals surface area contributed by atoms with Gasteiger partial charge in [0.05, 0.1) is 0 Å². The lowest BCUT2D eigenvalue weighted by atomic mass is 10.4. The molecule has 2 rings (SSSR count). The fourth-order valence-corrected chi connectivity index (χ4v) is 1.99. The number of pyridine rings is 1. The molecule has 0 amide bonds. The summed E-state index contributed by atoms with van der Waals surface area (Å²) in [5, 5.41) is 7.59. The molecule has 1 N–H and O–H groups in total. The van der Waals surface area contributed by atoms with Crippen LogP contribution < -0.4 is 5.32 Å². The summed E-state index contributed by atoms with van der Waals surface area (Å²) in [5.74, 6) is 1.75. The molecule has 0 bridgehead atoms. The van der Waals surface area contributed by atoms with E-state index < -0.39 is 0 Å². The fourth-order valence-electron chi connectivity index (χ4n) is 1.40. The van der Waals surface area contributed by atoms with E-state index in [-0.39, 0.29) is 0 Å². The molecule has 1 atom stereocenters. The number of nitrogens with one attached hydrogen (secondary N) is 1. The molecule has 2 aromatic rings. The molecule has 0 radical (unpaired) electrons. The Morgan fingerprint density at radius 3 is 3.13 bits per heavy atom. The highest BCUT2D eigenvalue weighted by atomic mass is 32.2. The van der Waals surface area contributed by atoms with Gasteiger partial charge >= 0.3 is 0 Å². The first-order chi connectivity index (χ1) is 7.29. The lowest BCUT2D eigenvalue weighted by Gasteiger charge is -2.09. The number of nitrogens with zero attached hydrogens (tertiary/aromatic N) is 3. The van der Waals surface area contributed by atoms with Gasteiger partial charge < -0.3 is 5.32 Å². The van der Waals surface area contributed by atoms with Crippen molar-refractivity contribution in [1.29, 1.82) is 0 Å². The van der Waals surface area contributed by atoms with E-state index in [1.54, 1.807) is 4.52 Å². The Kier molecular flexibility index (Phi) is 3.11. The Morgan fingerprint density at radius 1 is 1.53 bits per heavy atom. The number of rotatable bonds is 4. The summed E-state index contributed by atoms with van der Waals surface area (Å²) in [6.07, 6.45) is 3.99. The van der Waals surface area contributed by atoms with Gasteiger partial charge in [-0.15, -0.1) is 5.10 Å². The molecule has 2 heterocycles. The Bertz CT molecular complexity index is 407. The molecule has 0 aromatic carbocycles. The van der Waals surface area contributed by atoms with E-state index >= 15 is 0 Å². The first-order valence-electron chi connectivity index (χ1n) is 4.86. The van der Waals surface area contributed by atoms with Crippen LogP contribution in [0.15, 0.2) is 24.4 Å². The molecule has 4 nitrogen and oxygen atoms in total. The van der Waals surface area contributed by atoms with Crippen LogP contribution in [0.25, 0.3) is 5.65 Å². The second-order valence-corrected chi connectivity index (χ2v) is 4.35. The quantitative estimate of drug-likeness (QED) is 0.858. The molecule has 0 aliphatic heterocycles. The monoisotopic (exact) mass is 222 g/mol. The summed E-state index contributed by atoms with van der Waals surface area (Å²) in [4.78, 5) is 4.37. The first-order valence-corrected chi connectivity index (χ1v) is 6.26. The van der Waals surface area contributed by atoms with Gasteiger partial charge in [0.25, 0.3) is 0 Å². The summed E-state index contributed by atoms with van der Waals surface area (Å²) in [7, 11) is 0. The summed E-state index contributed by atoms with van der Waals surface area (Å²) >= 11 is 1.81. The standard InChI is InChI=1S/C10H14N4S/c1-8(7-15-2)11-10-12-9-5-3-4-6-14(9)13-10/h3-6,8H,7H2,1-2H3,(H,11,13). The summed E-state index contributed by atoms with van der Waals surface area (Å²) in [6, 6.07) is 6.23. The van der Waals surface area contributed by atoms with Gasteiger partial charge in [-0.05, 0) is 25.3 Å². The smallest absolute Gasteiger partial charge is 0.243 e. The van der Waals surface area contributed by atoms with Crippen LogP contribution in [0.5, 0.6) is 0 Å². The van der Waals surface area contributed by atoms with Gasteiger partial charge in [-0.2, -0.15) is 16.7 Å². The lowest BCUT2D eigenvalue weighted by molar-refractivity contribution is 0.875. The van der Waals surface area contributed by atoms with E-state index in [1.165, 1.54) is 0 Å². The molecule has 2 aromatic heterocycles. The molecule has 0 saturated carbocycles. The van der Waals surface area contributed by atoms with Crippen molar-refractivity contribution in [2.24, 2.45) is 0 Å². The van der Waals surface area contributed by atoms with Crippen molar-refractivity contribution >= 4 is 23.4 Å². The van der Waals surface area contributed by atoms with Crippen LogP contribution in [0.3, 0.4) is 0 Å². The van der Waals surface area contributed by atoms with Crippen molar-refractivity contribution in [3.05, 3.63) is 24.4 Å². The van der Waals surface area contributed by atoms with Gasteiger partial charge in [0, 0.05) is 18.0 Å². The Labute approximate surface area is 93.1 Å². The molecular formula is C10H14N4S. The first kappa shape index (κ1) is 10.3. The largest absolute Gasteiger partial charge is 0.350 e. The zero-order valence-corrected chi connectivity index (χ0v) is 9.66.